The van der Waals surface area contributed by atoms with Crippen LogP contribution in [0.4, 0.5) is 0 Å². The molecular weight excluding hydrogens is 395 g/mol. The average molecular weight is 420 g/mol. The molecule has 0 radical (unpaired) electrons. The largest absolute Gasteiger partial charge is 0.508 e. The number of aromatic hydroxyl groups is 1. The van der Waals surface area contributed by atoms with Crippen LogP contribution in [0.15, 0.2) is 97.1 Å². The fourth-order valence-electron chi connectivity index (χ4n) is 5.91. The van der Waals surface area contributed by atoms with Crippen LogP contribution in [0.1, 0.15) is 35.1 Å². The number of phenols is 1. The molecule has 152 valence electrons. The SMILES string of the molecule is Oc1cccc2c1[C@]1(CC2)CCc2cccc(P(c3ccccc3)c3ccccc3)c21. The summed E-state index contributed by atoms with van der Waals surface area (Å²) in [5, 5.41) is 15.2. The van der Waals surface area contributed by atoms with Gasteiger partial charge in [0.15, 0.2) is 0 Å². The van der Waals surface area contributed by atoms with Crippen molar-refractivity contribution in [3.05, 3.63) is 119 Å². The quantitative estimate of drug-likeness (QED) is 0.444. The maximum atomic E-state index is 11.0. The molecule has 0 aromatic heterocycles. The van der Waals surface area contributed by atoms with E-state index in [0.717, 1.165) is 25.7 Å². The number of hydrogen-bond acceptors (Lipinski definition) is 1. The number of fused-ring (bicyclic) bond motifs is 4. The highest BCUT2D eigenvalue weighted by atomic mass is 31.1. The molecule has 6 rings (SSSR count). The first kappa shape index (κ1) is 18.8. The summed E-state index contributed by atoms with van der Waals surface area (Å²) in [7, 11) is -0.671. The van der Waals surface area contributed by atoms with E-state index in [0.29, 0.717) is 5.75 Å². The Kier molecular flexibility index (Phi) is 4.47. The third-order valence-electron chi connectivity index (χ3n) is 7.13. The molecule has 0 saturated heterocycles. The molecule has 0 heterocycles. The van der Waals surface area contributed by atoms with Crippen molar-refractivity contribution in [3.63, 3.8) is 0 Å². The lowest BCUT2D eigenvalue weighted by Gasteiger charge is -2.32. The van der Waals surface area contributed by atoms with E-state index >= 15 is 0 Å². The minimum atomic E-state index is -0.671. The summed E-state index contributed by atoms with van der Waals surface area (Å²) in [4.78, 5) is 0. The van der Waals surface area contributed by atoms with E-state index in [1.165, 1.54) is 38.2 Å². The summed E-state index contributed by atoms with van der Waals surface area (Å²) in [6.07, 6.45) is 4.32. The van der Waals surface area contributed by atoms with Crippen LogP contribution in [0.25, 0.3) is 0 Å². The second kappa shape index (κ2) is 7.36. The van der Waals surface area contributed by atoms with Crippen molar-refractivity contribution in [1.29, 1.82) is 0 Å². The lowest BCUT2D eigenvalue weighted by Crippen LogP contribution is -2.31. The summed E-state index contributed by atoms with van der Waals surface area (Å²) in [6.45, 7) is 0. The van der Waals surface area contributed by atoms with Crippen LogP contribution < -0.4 is 15.9 Å². The Morgan fingerprint density at radius 2 is 1.13 bits per heavy atom. The molecule has 1 N–H and O–H groups in total. The van der Waals surface area contributed by atoms with Gasteiger partial charge in [-0.15, -0.1) is 0 Å². The highest BCUT2D eigenvalue weighted by Gasteiger charge is 2.48. The van der Waals surface area contributed by atoms with Gasteiger partial charge in [0.2, 0.25) is 0 Å². The lowest BCUT2D eigenvalue weighted by molar-refractivity contribution is 0.437. The predicted molar refractivity (Wildman–Crippen MR) is 131 cm³/mol. The Bertz CT molecular complexity index is 1200. The van der Waals surface area contributed by atoms with Crippen molar-refractivity contribution in [2.24, 2.45) is 0 Å². The van der Waals surface area contributed by atoms with Gasteiger partial charge in [0, 0.05) is 11.0 Å². The van der Waals surface area contributed by atoms with Gasteiger partial charge in [-0.2, -0.15) is 0 Å². The van der Waals surface area contributed by atoms with Gasteiger partial charge in [0.1, 0.15) is 5.75 Å². The van der Waals surface area contributed by atoms with Crippen LogP contribution in [-0.2, 0) is 18.3 Å². The van der Waals surface area contributed by atoms with Gasteiger partial charge >= 0.3 is 0 Å². The van der Waals surface area contributed by atoms with Crippen LogP contribution in [0.3, 0.4) is 0 Å². The monoisotopic (exact) mass is 420 g/mol. The number of rotatable bonds is 3. The molecule has 2 aliphatic rings. The number of hydrogen-bond donors (Lipinski definition) is 1. The van der Waals surface area contributed by atoms with E-state index in [1.54, 1.807) is 0 Å². The van der Waals surface area contributed by atoms with Crippen molar-refractivity contribution in [1.82, 2.24) is 0 Å². The van der Waals surface area contributed by atoms with Crippen LogP contribution in [0.2, 0.25) is 0 Å². The molecule has 0 amide bonds. The fourth-order valence-corrected chi connectivity index (χ4v) is 8.52. The number of phenolic OH excluding ortho intramolecular Hbond substituents is 1. The van der Waals surface area contributed by atoms with Gasteiger partial charge in [-0.25, -0.2) is 0 Å². The van der Waals surface area contributed by atoms with Gasteiger partial charge in [-0.1, -0.05) is 91.0 Å². The van der Waals surface area contributed by atoms with Crippen molar-refractivity contribution in [2.45, 2.75) is 31.1 Å². The van der Waals surface area contributed by atoms with Gasteiger partial charge < -0.3 is 5.11 Å². The summed E-state index contributed by atoms with van der Waals surface area (Å²) < 4.78 is 0. The Morgan fingerprint density at radius 3 is 1.74 bits per heavy atom. The molecule has 4 aromatic rings. The van der Waals surface area contributed by atoms with E-state index < -0.39 is 7.92 Å². The van der Waals surface area contributed by atoms with Crippen LogP contribution in [0.5, 0.6) is 5.75 Å². The first-order valence-electron chi connectivity index (χ1n) is 11.1. The second-order valence-corrected chi connectivity index (χ2v) is 10.9. The zero-order chi connectivity index (χ0) is 20.8. The van der Waals surface area contributed by atoms with Crippen molar-refractivity contribution in [3.8, 4) is 5.75 Å². The van der Waals surface area contributed by atoms with E-state index in [2.05, 4.69) is 84.9 Å². The molecule has 4 aromatic carbocycles. The highest BCUT2D eigenvalue weighted by Crippen LogP contribution is 2.56. The van der Waals surface area contributed by atoms with E-state index in [9.17, 15) is 5.11 Å². The molecule has 2 aliphatic carbocycles. The predicted octanol–water partition coefficient (Wildman–Crippen LogP) is 5.33. The standard InChI is InChI=1S/C29H25OP/c30-25-15-7-9-21-17-19-29(27(21)25)20-18-22-10-8-16-26(28(22)29)31(23-11-3-1-4-12-23)24-13-5-2-6-14-24/h1-16,30H,17-20H2/t29-/m0/s1. The lowest BCUT2D eigenvalue weighted by atomic mass is 9.76. The molecule has 0 aliphatic heterocycles. The molecule has 0 unspecified atom stereocenters. The first-order valence-corrected chi connectivity index (χ1v) is 12.5. The minimum Gasteiger partial charge on any atom is -0.508 e. The summed E-state index contributed by atoms with van der Waals surface area (Å²) >= 11 is 0. The smallest absolute Gasteiger partial charge is 0.119 e. The Morgan fingerprint density at radius 1 is 0.581 bits per heavy atom. The van der Waals surface area contributed by atoms with Crippen LogP contribution in [0, 0.1) is 0 Å². The van der Waals surface area contributed by atoms with Crippen molar-refractivity contribution < 1.29 is 5.11 Å². The van der Waals surface area contributed by atoms with E-state index in [4.69, 9.17) is 0 Å². The van der Waals surface area contributed by atoms with Crippen LogP contribution >= 0.6 is 7.92 Å². The normalized spacial score (nSPS) is 19.0. The zero-order valence-electron chi connectivity index (χ0n) is 17.5. The molecular formula is C29H25OP. The van der Waals surface area contributed by atoms with Gasteiger partial charge in [-0.05, 0) is 72.3 Å². The number of aryl methyl sites for hydroxylation is 2. The number of benzene rings is 4. The second-order valence-electron chi connectivity index (χ2n) is 8.71. The van der Waals surface area contributed by atoms with Crippen molar-refractivity contribution in [2.75, 3.05) is 0 Å². The van der Waals surface area contributed by atoms with Crippen LogP contribution in [-0.4, -0.2) is 5.11 Å². The molecule has 2 heteroatoms. The Hall–Kier alpha value is -2.89. The summed E-state index contributed by atoms with van der Waals surface area (Å²) in [5.41, 5.74) is 5.42. The Labute approximate surface area is 185 Å². The third-order valence-corrected chi connectivity index (χ3v) is 9.61. The van der Waals surface area contributed by atoms with E-state index in [1.807, 2.05) is 12.1 Å². The summed E-state index contributed by atoms with van der Waals surface area (Å²) in [6, 6.07) is 34.9. The topological polar surface area (TPSA) is 20.2 Å². The molecule has 1 spiro atoms. The molecule has 1 atom stereocenters. The van der Waals surface area contributed by atoms with Gasteiger partial charge in [0.25, 0.3) is 0 Å². The molecule has 0 saturated carbocycles. The maximum Gasteiger partial charge on any atom is 0.119 e. The molecule has 31 heavy (non-hydrogen) atoms. The van der Waals surface area contributed by atoms with Gasteiger partial charge in [-0.3, -0.25) is 0 Å². The minimum absolute atomic E-state index is 0.0588. The molecule has 1 nitrogen and oxygen atoms in total. The maximum absolute atomic E-state index is 11.0. The van der Waals surface area contributed by atoms with Crippen molar-refractivity contribution >= 4 is 23.8 Å². The van der Waals surface area contributed by atoms with E-state index in [-0.39, 0.29) is 5.41 Å². The fraction of sp³-hybridized carbons (Fsp3) is 0.172. The first-order chi connectivity index (χ1) is 15.3. The third kappa shape index (κ3) is 2.87. The van der Waals surface area contributed by atoms with Gasteiger partial charge in [0.05, 0.1) is 0 Å². The molecule has 0 bridgehead atoms. The average Bonchev–Trinajstić information content (AvgIpc) is 3.39. The highest BCUT2D eigenvalue weighted by molar-refractivity contribution is 7.79. The Balaban J connectivity index is 1.62. The molecule has 0 fully saturated rings. The summed E-state index contributed by atoms with van der Waals surface area (Å²) in [5.74, 6) is 0.474. The zero-order valence-corrected chi connectivity index (χ0v) is 18.4.